The molecule has 0 fully saturated rings. The molecule has 0 amide bonds. The Bertz CT molecular complexity index is 950. The van der Waals surface area contributed by atoms with Gasteiger partial charge in [0.05, 0.1) is 23.8 Å². The molecule has 0 spiro atoms. The largest absolute Gasteiger partial charge is 0.320 e. The number of aromatic nitrogens is 2. The summed E-state index contributed by atoms with van der Waals surface area (Å²) < 4.78 is 1.89. The van der Waals surface area contributed by atoms with Crippen molar-refractivity contribution in [2.45, 2.75) is 24.5 Å². The topological polar surface area (TPSA) is 82.2 Å². The summed E-state index contributed by atoms with van der Waals surface area (Å²) in [5, 5.41) is 4.61. The van der Waals surface area contributed by atoms with Crippen LogP contribution in [0.3, 0.4) is 0 Å². The summed E-state index contributed by atoms with van der Waals surface area (Å²) >= 11 is 6.30. The molecule has 0 saturated carbocycles. The SMILES string of the molecule is NC1C(Cl)=Nc2ccccc2C1(N)Cc1cccc(Cn2cccn2)c1. The summed E-state index contributed by atoms with van der Waals surface area (Å²) in [5.74, 6) is 0. The van der Waals surface area contributed by atoms with Gasteiger partial charge in [-0.25, -0.2) is 4.99 Å². The van der Waals surface area contributed by atoms with Crippen molar-refractivity contribution < 1.29 is 0 Å². The Kier molecular flexibility index (Phi) is 4.36. The van der Waals surface area contributed by atoms with Crippen molar-refractivity contribution in [3.63, 3.8) is 0 Å². The van der Waals surface area contributed by atoms with Crippen molar-refractivity contribution in [3.05, 3.63) is 83.7 Å². The Morgan fingerprint density at radius 1 is 1.08 bits per heavy atom. The van der Waals surface area contributed by atoms with E-state index in [0.717, 1.165) is 22.4 Å². The first-order valence-electron chi connectivity index (χ1n) is 8.49. The van der Waals surface area contributed by atoms with Gasteiger partial charge in [0, 0.05) is 12.4 Å². The smallest absolute Gasteiger partial charge is 0.125 e. The minimum Gasteiger partial charge on any atom is -0.320 e. The fourth-order valence-electron chi connectivity index (χ4n) is 3.49. The minimum absolute atomic E-state index is 0.346. The Labute approximate surface area is 157 Å². The molecule has 6 heteroatoms. The predicted molar refractivity (Wildman–Crippen MR) is 105 cm³/mol. The van der Waals surface area contributed by atoms with Gasteiger partial charge >= 0.3 is 0 Å². The number of para-hydroxylation sites is 1. The molecule has 1 aromatic heterocycles. The van der Waals surface area contributed by atoms with Crippen molar-refractivity contribution in [2.24, 2.45) is 16.5 Å². The third kappa shape index (κ3) is 3.05. The third-order valence-corrected chi connectivity index (χ3v) is 5.16. The van der Waals surface area contributed by atoms with E-state index in [9.17, 15) is 0 Å². The number of nitrogens with zero attached hydrogens (tertiary/aromatic N) is 3. The zero-order valence-electron chi connectivity index (χ0n) is 14.2. The molecule has 26 heavy (non-hydrogen) atoms. The Hall–Kier alpha value is -2.47. The van der Waals surface area contributed by atoms with Crippen molar-refractivity contribution in [2.75, 3.05) is 0 Å². The maximum Gasteiger partial charge on any atom is 0.125 e. The van der Waals surface area contributed by atoms with Crippen LogP contribution in [0.4, 0.5) is 5.69 Å². The predicted octanol–water partition coefficient (Wildman–Crippen LogP) is 2.94. The van der Waals surface area contributed by atoms with Gasteiger partial charge in [0.1, 0.15) is 5.17 Å². The van der Waals surface area contributed by atoms with Crippen molar-refractivity contribution in [1.82, 2.24) is 9.78 Å². The number of hydrogen-bond donors (Lipinski definition) is 2. The highest BCUT2D eigenvalue weighted by Crippen LogP contribution is 2.38. The molecular weight excluding hydrogens is 346 g/mol. The third-order valence-electron chi connectivity index (χ3n) is 4.84. The van der Waals surface area contributed by atoms with E-state index in [0.29, 0.717) is 18.1 Å². The minimum atomic E-state index is -0.806. The summed E-state index contributed by atoms with van der Waals surface area (Å²) in [6, 6.07) is 17.5. The van der Waals surface area contributed by atoms with Gasteiger partial charge < -0.3 is 11.5 Å². The molecule has 2 unspecified atom stereocenters. The molecule has 4 N–H and O–H groups in total. The van der Waals surface area contributed by atoms with Crippen LogP contribution in [0.25, 0.3) is 0 Å². The zero-order chi connectivity index (χ0) is 18.1. The Morgan fingerprint density at radius 3 is 2.69 bits per heavy atom. The summed E-state index contributed by atoms with van der Waals surface area (Å²) in [6.07, 6.45) is 4.29. The lowest BCUT2D eigenvalue weighted by Crippen LogP contribution is -2.58. The van der Waals surface area contributed by atoms with E-state index in [1.54, 1.807) is 6.20 Å². The number of nitrogens with two attached hydrogens (primary N) is 2. The van der Waals surface area contributed by atoms with Crippen molar-refractivity contribution in [3.8, 4) is 0 Å². The van der Waals surface area contributed by atoms with Crippen LogP contribution in [0.1, 0.15) is 16.7 Å². The van der Waals surface area contributed by atoms with Gasteiger partial charge in [0.25, 0.3) is 0 Å². The molecular formula is C20H20ClN5. The Morgan fingerprint density at radius 2 is 1.88 bits per heavy atom. The van der Waals surface area contributed by atoms with Crippen molar-refractivity contribution in [1.29, 1.82) is 0 Å². The number of rotatable bonds is 4. The van der Waals surface area contributed by atoms with E-state index < -0.39 is 11.6 Å². The molecule has 0 aliphatic carbocycles. The van der Waals surface area contributed by atoms with Crippen LogP contribution in [0.15, 0.2) is 72.0 Å². The number of hydrogen-bond acceptors (Lipinski definition) is 4. The first-order valence-corrected chi connectivity index (χ1v) is 8.87. The van der Waals surface area contributed by atoms with Gasteiger partial charge in [-0.2, -0.15) is 5.10 Å². The number of halogens is 1. The second kappa shape index (κ2) is 6.68. The van der Waals surface area contributed by atoms with Gasteiger partial charge in [-0.1, -0.05) is 54.1 Å². The molecule has 5 nitrogen and oxygen atoms in total. The standard InChI is InChI=1S/C20H20ClN5/c21-19-18(22)20(23,16-7-1-2-8-17(16)25-19)12-14-5-3-6-15(11-14)13-26-10-4-9-24-26/h1-11,18H,12-13,22-23H2. The highest BCUT2D eigenvalue weighted by atomic mass is 35.5. The van der Waals surface area contributed by atoms with Gasteiger partial charge in [0.15, 0.2) is 0 Å². The number of aliphatic imine (C=N–C) groups is 1. The van der Waals surface area contributed by atoms with E-state index in [1.165, 1.54) is 0 Å². The fourth-order valence-corrected chi connectivity index (χ4v) is 3.78. The lowest BCUT2D eigenvalue weighted by Gasteiger charge is -2.39. The lowest BCUT2D eigenvalue weighted by atomic mass is 9.77. The van der Waals surface area contributed by atoms with Crippen LogP contribution < -0.4 is 11.5 Å². The van der Waals surface area contributed by atoms with Crippen LogP contribution in [-0.2, 0) is 18.5 Å². The van der Waals surface area contributed by atoms with E-state index in [4.69, 9.17) is 23.1 Å². The molecule has 2 aromatic carbocycles. The molecule has 0 saturated heterocycles. The molecule has 2 atom stereocenters. The maximum absolute atomic E-state index is 6.81. The maximum atomic E-state index is 6.81. The van der Waals surface area contributed by atoms with Crippen molar-refractivity contribution >= 4 is 22.5 Å². The second-order valence-corrected chi connectivity index (χ2v) is 7.06. The molecule has 1 aliphatic heterocycles. The van der Waals surface area contributed by atoms with E-state index in [1.807, 2.05) is 47.3 Å². The van der Waals surface area contributed by atoms with Crippen LogP contribution in [0.2, 0.25) is 0 Å². The monoisotopic (exact) mass is 365 g/mol. The number of benzene rings is 2. The molecule has 3 aromatic rings. The van der Waals surface area contributed by atoms with Crippen LogP contribution >= 0.6 is 11.6 Å². The van der Waals surface area contributed by atoms with E-state index >= 15 is 0 Å². The molecule has 132 valence electrons. The van der Waals surface area contributed by atoms with Gasteiger partial charge in [-0.3, -0.25) is 4.68 Å². The quantitative estimate of drug-likeness (QED) is 0.745. The molecule has 2 heterocycles. The second-order valence-electron chi connectivity index (χ2n) is 6.67. The average Bonchev–Trinajstić information content (AvgIpc) is 3.13. The summed E-state index contributed by atoms with van der Waals surface area (Å²) in [4.78, 5) is 4.40. The highest BCUT2D eigenvalue weighted by Gasteiger charge is 2.41. The normalized spacial score (nSPS) is 22.0. The van der Waals surface area contributed by atoms with Gasteiger partial charge in [-0.15, -0.1) is 0 Å². The Balaban J connectivity index is 1.67. The fraction of sp³-hybridized carbons (Fsp3) is 0.200. The summed E-state index contributed by atoms with van der Waals surface area (Å²) in [5.41, 5.74) is 16.4. The molecule has 1 aliphatic rings. The average molecular weight is 366 g/mol. The van der Waals surface area contributed by atoms with Gasteiger partial charge in [0.2, 0.25) is 0 Å². The summed E-state index contributed by atoms with van der Waals surface area (Å²) in [7, 11) is 0. The molecule has 0 bridgehead atoms. The van der Waals surface area contributed by atoms with E-state index in [2.05, 4.69) is 28.3 Å². The van der Waals surface area contributed by atoms with Gasteiger partial charge in [-0.05, 0) is 35.2 Å². The van der Waals surface area contributed by atoms with E-state index in [-0.39, 0.29) is 0 Å². The first-order chi connectivity index (χ1) is 12.6. The van der Waals surface area contributed by atoms with Crippen LogP contribution in [-0.4, -0.2) is 21.0 Å². The molecule has 0 radical (unpaired) electrons. The first kappa shape index (κ1) is 17.0. The number of fused-ring (bicyclic) bond motifs is 1. The molecule has 4 rings (SSSR count). The summed E-state index contributed by atoms with van der Waals surface area (Å²) in [6.45, 7) is 0.712. The van der Waals surface area contributed by atoms with Crippen LogP contribution in [0, 0.1) is 0 Å². The zero-order valence-corrected chi connectivity index (χ0v) is 15.0. The highest BCUT2D eigenvalue weighted by molar-refractivity contribution is 6.67. The lowest BCUT2D eigenvalue weighted by molar-refractivity contribution is 0.408. The van der Waals surface area contributed by atoms with Crippen LogP contribution in [0.5, 0.6) is 0 Å².